The Morgan fingerprint density at radius 2 is 1.48 bits per heavy atom. The Morgan fingerprint density at radius 1 is 0.905 bits per heavy atom. The van der Waals surface area contributed by atoms with Gasteiger partial charge in [0.25, 0.3) is 0 Å². The van der Waals surface area contributed by atoms with E-state index in [0.717, 1.165) is 19.0 Å². The highest BCUT2D eigenvalue weighted by molar-refractivity contribution is 7.80. The molecule has 0 amide bonds. The summed E-state index contributed by atoms with van der Waals surface area (Å²) in [4.78, 5) is 0. The first-order chi connectivity index (χ1) is 10.1. The molecular formula is C16H34O2SSi2. The van der Waals surface area contributed by atoms with E-state index < -0.39 is 17.6 Å². The zero-order valence-corrected chi connectivity index (χ0v) is 17.4. The summed E-state index contributed by atoms with van der Waals surface area (Å²) in [7, 11) is -1.94. The number of ether oxygens (including phenoxy) is 2. The van der Waals surface area contributed by atoms with E-state index in [-0.39, 0.29) is 10.4 Å². The molecule has 2 saturated heterocycles. The van der Waals surface area contributed by atoms with Crippen molar-refractivity contribution in [3.05, 3.63) is 0 Å². The molecule has 0 saturated carbocycles. The van der Waals surface area contributed by atoms with Crippen molar-refractivity contribution in [1.82, 2.24) is 0 Å². The molecule has 2 fully saturated rings. The minimum atomic E-state index is -0.995. The van der Waals surface area contributed by atoms with Crippen LogP contribution in [0.3, 0.4) is 0 Å². The molecule has 0 aliphatic carbocycles. The van der Waals surface area contributed by atoms with Crippen LogP contribution in [0.5, 0.6) is 0 Å². The predicted molar refractivity (Wildman–Crippen MR) is 100 cm³/mol. The first-order valence-electron chi connectivity index (χ1n) is 8.98. The first-order valence-corrected chi connectivity index (χ1v) is 15.0. The van der Waals surface area contributed by atoms with E-state index in [1.165, 1.54) is 51.0 Å². The van der Waals surface area contributed by atoms with Crippen molar-refractivity contribution in [3.63, 3.8) is 0 Å². The van der Waals surface area contributed by atoms with Gasteiger partial charge in [0.1, 0.15) is 0 Å². The molecule has 0 bridgehead atoms. The number of thiol groups is 1. The summed E-state index contributed by atoms with van der Waals surface area (Å²) >= 11 is 4.43. The lowest BCUT2D eigenvalue weighted by Gasteiger charge is -2.58. The molecule has 2 rings (SSSR count). The van der Waals surface area contributed by atoms with E-state index in [4.69, 9.17) is 9.47 Å². The van der Waals surface area contributed by atoms with Gasteiger partial charge in [0.15, 0.2) is 0 Å². The molecule has 2 aliphatic rings. The van der Waals surface area contributed by atoms with Crippen LogP contribution in [0.2, 0.25) is 25.7 Å². The summed E-state index contributed by atoms with van der Waals surface area (Å²) in [6.45, 7) is 9.45. The van der Waals surface area contributed by atoms with Gasteiger partial charge in [0.2, 0.25) is 0 Å². The zero-order chi connectivity index (χ0) is 15.3. The monoisotopic (exact) mass is 346 g/mol. The van der Waals surface area contributed by atoms with Gasteiger partial charge in [-0.05, 0) is 50.7 Å². The van der Waals surface area contributed by atoms with Gasteiger partial charge in [-0.3, -0.25) is 0 Å². The minimum absolute atomic E-state index is 0.119. The van der Waals surface area contributed by atoms with Crippen molar-refractivity contribution in [2.75, 3.05) is 19.0 Å². The van der Waals surface area contributed by atoms with Crippen LogP contribution in [0.15, 0.2) is 0 Å². The van der Waals surface area contributed by atoms with Crippen molar-refractivity contribution < 1.29 is 9.47 Å². The quantitative estimate of drug-likeness (QED) is 0.585. The van der Waals surface area contributed by atoms with Gasteiger partial charge in [-0.2, -0.15) is 12.6 Å². The van der Waals surface area contributed by atoms with Crippen LogP contribution in [0.25, 0.3) is 0 Å². The van der Waals surface area contributed by atoms with Crippen LogP contribution in [0.4, 0.5) is 0 Å². The van der Waals surface area contributed by atoms with Gasteiger partial charge in [0.05, 0.1) is 28.0 Å². The maximum atomic E-state index is 6.68. The van der Waals surface area contributed by atoms with Crippen molar-refractivity contribution in [1.29, 1.82) is 0 Å². The van der Waals surface area contributed by atoms with Gasteiger partial charge in [-0.1, -0.05) is 25.7 Å². The second-order valence-corrected chi connectivity index (χ2v) is 14.3. The van der Waals surface area contributed by atoms with Crippen molar-refractivity contribution in [2.45, 2.75) is 81.1 Å². The molecule has 0 aromatic heterocycles. The first kappa shape index (κ1) is 18.0. The van der Waals surface area contributed by atoms with Crippen LogP contribution >= 0.6 is 12.6 Å². The lowest BCUT2D eigenvalue weighted by molar-refractivity contribution is -0.164. The van der Waals surface area contributed by atoms with Gasteiger partial charge in [0, 0.05) is 13.2 Å². The summed E-state index contributed by atoms with van der Waals surface area (Å²) in [5.41, 5.74) is 0. The average Bonchev–Trinajstić information content (AvgIpc) is 2.53. The summed E-state index contributed by atoms with van der Waals surface area (Å²) in [5, 5.41) is 0.239. The minimum Gasteiger partial charge on any atom is -0.376 e. The van der Waals surface area contributed by atoms with Crippen LogP contribution in [-0.4, -0.2) is 47.0 Å². The Morgan fingerprint density at radius 3 is 1.90 bits per heavy atom. The molecule has 3 atom stereocenters. The molecule has 5 heteroatoms. The molecule has 0 aromatic carbocycles. The summed E-state index contributed by atoms with van der Waals surface area (Å²) in [6.07, 6.45) is 8.93. The van der Waals surface area contributed by atoms with Gasteiger partial charge >= 0.3 is 0 Å². The van der Waals surface area contributed by atoms with E-state index in [0.29, 0.717) is 0 Å². The summed E-state index contributed by atoms with van der Waals surface area (Å²) < 4.78 is 13.3. The van der Waals surface area contributed by atoms with Crippen molar-refractivity contribution in [2.24, 2.45) is 0 Å². The molecular weight excluding hydrogens is 312 g/mol. The maximum absolute atomic E-state index is 6.68. The highest BCUT2D eigenvalue weighted by Crippen LogP contribution is 2.47. The van der Waals surface area contributed by atoms with Crippen LogP contribution in [0.1, 0.15) is 44.9 Å². The second-order valence-electron chi connectivity index (χ2n) is 7.31. The Labute approximate surface area is 140 Å². The molecule has 2 heterocycles. The van der Waals surface area contributed by atoms with Crippen LogP contribution in [0, 0.1) is 0 Å². The van der Waals surface area contributed by atoms with Gasteiger partial charge in [-0.15, -0.1) is 0 Å². The van der Waals surface area contributed by atoms with Crippen LogP contribution in [-0.2, 0) is 9.47 Å². The van der Waals surface area contributed by atoms with E-state index in [2.05, 4.69) is 32.3 Å². The third-order valence-electron chi connectivity index (χ3n) is 5.84. The molecule has 0 aromatic rings. The SMILES string of the molecule is C[SiH](C)C1(C2([SiH](C)CCCS)CCCCO2)CCCCO1. The Kier molecular flexibility index (Phi) is 6.87. The molecule has 124 valence electrons. The standard InChI is InChI=1S/C16H34O2SSi2/c1-20(2)15(9-4-6-11-17-15)16(10-5-7-12-18-16)21(3)14-8-13-19/h19-21H,4-14H2,1-3H3. The molecule has 21 heavy (non-hydrogen) atoms. The van der Waals surface area contributed by atoms with E-state index in [1.54, 1.807) is 0 Å². The lowest BCUT2D eigenvalue weighted by Crippen LogP contribution is -2.71. The fourth-order valence-electron chi connectivity index (χ4n) is 4.68. The normalized spacial score (nSPS) is 35.9. The van der Waals surface area contributed by atoms with E-state index in [9.17, 15) is 0 Å². The average molecular weight is 347 g/mol. The predicted octanol–water partition coefficient (Wildman–Crippen LogP) is 3.61. The van der Waals surface area contributed by atoms with Gasteiger partial charge < -0.3 is 9.47 Å². The van der Waals surface area contributed by atoms with Crippen LogP contribution < -0.4 is 0 Å². The topological polar surface area (TPSA) is 18.5 Å². The lowest BCUT2D eigenvalue weighted by atomic mass is 9.96. The fourth-order valence-corrected chi connectivity index (χ4v) is 12.9. The Balaban J connectivity index is 2.31. The Hall–Kier alpha value is 0.704. The largest absolute Gasteiger partial charge is 0.376 e. The van der Waals surface area contributed by atoms with Crippen molar-refractivity contribution in [3.8, 4) is 0 Å². The third kappa shape index (κ3) is 3.47. The van der Waals surface area contributed by atoms with Crippen molar-refractivity contribution >= 4 is 30.2 Å². The van der Waals surface area contributed by atoms with E-state index in [1.807, 2.05) is 0 Å². The number of hydrogen-bond acceptors (Lipinski definition) is 3. The smallest absolute Gasteiger partial charge is 0.0800 e. The highest BCUT2D eigenvalue weighted by atomic mass is 32.1. The Bertz CT molecular complexity index is 313. The van der Waals surface area contributed by atoms with E-state index >= 15 is 0 Å². The molecule has 0 N–H and O–H groups in total. The molecule has 2 nitrogen and oxygen atoms in total. The van der Waals surface area contributed by atoms with Gasteiger partial charge in [-0.25, -0.2) is 0 Å². The second kappa shape index (κ2) is 8.00. The summed E-state index contributed by atoms with van der Waals surface area (Å²) in [6, 6.07) is 1.36. The summed E-state index contributed by atoms with van der Waals surface area (Å²) in [5.74, 6) is 1.01. The fraction of sp³-hybridized carbons (Fsp3) is 1.00. The molecule has 3 unspecified atom stereocenters. The number of hydrogen-bond donors (Lipinski definition) is 1. The highest BCUT2D eigenvalue weighted by Gasteiger charge is 2.58. The molecule has 2 aliphatic heterocycles. The zero-order valence-electron chi connectivity index (χ0n) is 14.2. The third-order valence-corrected chi connectivity index (χ3v) is 13.1. The number of rotatable bonds is 6. The maximum Gasteiger partial charge on any atom is 0.0800 e. The molecule has 0 radical (unpaired) electrons. The molecule has 0 spiro atoms.